The predicted octanol–water partition coefficient (Wildman–Crippen LogP) is 3.51. The van der Waals surface area contributed by atoms with Crippen molar-refractivity contribution < 1.29 is 18.7 Å². The minimum absolute atomic E-state index is 0.145. The van der Waals surface area contributed by atoms with Crippen LogP contribution in [0.5, 0.6) is 5.75 Å². The van der Waals surface area contributed by atoms with Crippen molar-refractivity contribution >= 4 is 52.1 Å². The number of Topliss-reactive ketones (excluding diaryl/α,β-unsaturated/α-hetero) is 1. The molecule has 0 aliphatic carbocycles. The first-order valence-corrected chi connectivity index (χ1v) is 8.19. The Bertz CT molecular complexity index is 917. The van der Waals surface area contributed by atoms with Gasteiger partial charge in [-0.15, -0.1) is 11.6 Å². The number of halogens is 2. The van der Waals surface area contributed by atoms with Gasteiger partial charge in [-0.05, 0) is 18.2 Å². The van der Waals surface area contributed by atoms with E-state index < -0.39 is 17.3 Å². The van der Waals surface area contributed by atoms with Crippen LogP contribution < -0.4 is 10.1 Å². The Hall–Kier alpha value is -2.31. The third-order valence-corrected chi connectivity index (χ3v) is 4.48. The topological polar surface area (TPSA) is 80.9 Å². The number of fused-ring (bicyclic) bond motifs is 1. The fourth-order valence-electron chi connectivity index (χ4n) is 2.51. The SMILES string of the molecule is COc1ccc(C(=O)NC2C(Cl)=CN=CC2Cl)c2cc(C(C)=O)oc12. The molecule has 1 N–H and O–H groups in total. The maximum absolute atomic E-state index is 12.7. The molecule has 1 aliphatic rings. The number of amides is 1. The number of aliphatic imine (C=N–C) groups is 1. The zero-order chi connectivity index (χ0) is 18.1. The minimum Gasteiger partial charge on any atom is -0.493 e. The first-order valence-electron chi connectivity index (χ1n) is 7.37. The molecule has 0 spiro atoms. The van der Waals surface area contributed by atoms with Crippen molar-refractivity contribution in [3.05, 3.63) is 40.8 Å². The smallest absolute Gasteiger partial charge is 0.252 e. The summed E-state index contributed by atoms with van der Waals surface area (Å²) in [5.41, 5.74) is 0.650. The molecule has 0 bridgehead atoms. The van der Waals surface area contributed by atoms with Gasteiger partial charge in [0.1, 0.15) is 0 Å². The Labute approximate surface area is 153 Å². The molecule has 6 nitrogen and oxygen atoms in total. The number of rotatable bonds is 4. The number of nitrogens with zero attached hydrogens (tertiary/aromatic N) is 1. The van der Waals surface area contributed by atoms with E-state index in [9.17, 15) is 9.59 Å². The maximum atomic E-state index is 12.7. The van der Waals surface area contributed by atoms with Crippen molar-refractivity contribution in [2.24, 2.45) is 4.99 Å². The van der Waals surface area contributed by atoms with E-state index in [1.54, 1.807) is 12.1 Å². The molecule has 3 rings (SSSR count). The molecule has 2 atom stereocenters. The number of nitrogens with one attached hydrogen (secondary N) is 1. The first-order chi connectivity index (χ1) is 11.9. The van der Waals surface area contributed by atoms with E-state index in [0.717, 1.165) is 0 Å². The molecule has 0 saturated heterocycles. The van der Waals surface area contributed by atoms with Gasteiger partial charge in [0.2, 0.25) is 0 Å². The number of carbonyl (C=O) groups is 2. The molecule has 1 aromatic heterocycles. The van der Waals surface area contributed by atoms with E-state index in [1.165, 1.54) is 32.5 Å². The average molecular weight is 381 g/mol. The maximum Gasteiger partial charge on any atom is 0.252 e. The van der Waals surface area contributed by atoms with Gasteiger partial charge in [0.15, 0.2) is 22.9 Å². The van der Waals surface area contributed by atoms with Gasteiger partial charge in [-0.25, -0.2) is 0 Å². The highest BCUT2D eigenvalue weighted by Crippen LogP contribution is 2.32. The number of hydrogen-bond donors (Lipinski definition) is 1. The third-order valence-electron chi connectivity index (χ3n) is 3.79. The lowest BCUT2D eigenvalue weighted by Gasteiger charge is -2.22. The van der Waals surface area contributed by atoms with Crippen LogP contribution in [0.15, 0.2) is 38.8 Å². The molecule has 25 heavy (non-hydrogen) atoms. The van der Waals surface area contributed by atoms with Crippen LogP contribution in [0.2, 0.25) is 0 Å². The molecule has 0 radical (unpaired) electrons. The van der Waals surface area contributed by atoms with Crippen molar-refractivity contribution in [2.75, 3.05) is 7.11 Å². The van der Waals surface area contributed by atoms with E-state index in [1.807, 2.05) is 0 Å². The largest absolute Gasteiger partial charge is 0.493 e. The Morgan fingerprint density at radius 2 is 2.12 bits per heavy atom. The van der Waals surface area contributed by atoms with Crippen LogP contribution >= 0.6 is 23.2 Å². The van der Waals surface area contributed by atoms with Crippen LogP contribution in [0, 0.1) is 0 Å². The summed E-state index contributed by atoms with van der Waals surface area (Å²) in [4.78, 5) is 28.2. The number of alkyl halides is 1. The molecule has 2 heterocycles. The van der Waals surface area contributed by atoms with E-state index in [2.05, 4.69) is 10.3 Å². The number of carbonyl (C=O) groups excluding carboxylic acids is 2. The number of ketones is 1. The molecule has 1 amide bonds. The highest BCUT2D eigenvalue weighted by Gasteiger charge is 2.27. The number of furan rings is 1. The van der Waals surface area contributed by atoms with Crippen LogP contribution in [-0.2, 0) is 0 Å². The molecule has 0 saturated carbocycles. The first kappa shape index (κ1) is 17.5. The minimum atomic E-state index is -0.593. The van der Waals surface area contributed by atoms with Gasteiger partial charge in [-0.1, -0.05) is 11.6 Å². The lowest BCUT2D eigenvalue weighted by Crippen LogP contribution is -2.43. The molecule has 2 aromatic rings. The van der Waals surface area contributed by atoms with Gasteiger partial charge >= 0.3 is 0 Å². The van der Waals surface area contributed by atoms with Crippen molar-refractivity contribution in [3.8, 4) is 5.75 Å². The van der Waals surface area contributed by atoms with E-state index in [-0.39, 0.29) is 11.5 Å². The average Bonchev–Trinajstić information content (AvgIpc) is 3.02. The second kappa shape index (κ2) is 6.90. The fraction of sp³-hybridized carbons (Fsp3) is 0.235. The molecule has 0 fully saturated rings. The van der Waals surface area contributed by atoms with Gasteiger partial charge < -0.3 is 14.5 Å². The predicted molar refractivity (Wildman–Crippen MR) is 96.1 cm³/mol. The van der Waals surface area contributed by atoms with E-state index in [0.29, 0.717) is 27.3 Å². The summed E-state index contributed by atoms with van der Waals surface area (Å²) in [6.45, 7) is 1.38. The van der Waals surface area contributed by atoms with Crippen molar-refractivity contribution in [3.63, 3.8) is 0 Å². The highest BCUT2D eigenvalue weighted by atomic mass is 35.5. The van der Waals surface area contributed by atoms with Crippen molar-refractivity contribution in [2.45, 2.75) is 18.3 Å². The van der Waals surface area contributed by atoms with E-state index >= 15 is 0 Å². The molecule has 8 heteroatoms. The van der Waals surface area contributed by atoms with Crippen LogP contribution in [0.1, 0.15) is 27.8 Å². The third kappa shape index (κ3) is 3.27. The Balaban J connectivity index is 2.00. The normalized spacial score (nSPS) is 19.6. The van der Waals surface area contributed by atoms with Crippen molar-refractivity contribution in [1.29, 1.82) is 0 Å². The van der Waals surface area contributed by atoms with Gasteiger partial charge in [-0.3, -0.25) is 14.6 Å². The summed E-state index contributed by atoms with van der Waals surface area (Å²) < 4.78 is 10.8. The summed E-state index contributed by atoms with van der Waals surface area (Å²) in [5, 5.41) is 3.01. The lowest BCUT2D eigenvalue weighted by atomic mass is 10.1. The van der Waals surface area contributed by atoms with Gasteiger partial charge in [0.05, 0.1) is 29.1 Å². The summed E-state index contributed by atoms with van der Waals surface area (Å²) >= 11 is 12.2. The lowest BCUT2D eigenvalue weighted by molar-refractivity contribution is 0.0945. The van der Waals surface area contributed by atoms with Crippen LogP contribution in [0.3, 0.4) is 0 Å². The molecule has 1 aliphatic heterocycles. The van der Waals surface area contributed by atoms with Gasteiger partial charge in [-0.2, -0.15) is 0 Å². The Kier molecular flexibility index (Phi) is 4.83. The number of hydrogen-bond acceptors (Lipinski definition) is 5. The fourth-order valence-corrected chi connectivity index (χ4v) is 3.09. The Morgan fingerprint density at radius 3 is 2.76 bits per heavy atom. The molecule has 2 unspecified atom stereocenters. The summed E-state index contributed by atoms with van der Waals surface area (Å²) in [6, 6.07) is 4.12. The molecule has 1 aromatic carbocycles. The summed E-state index contributed by atoms with van der Waals surface area (Å²) in [5.74, 6) is -0.0792. The molecular formula is C17H14Cl2N2O4. The molecular weight excluding hydrogens is 367 g/mol. The van der Waals surface area contributed by atoms with Crippen LogP contribution in [-0.4, -0.2) is 36.4 Å². The van der Waals surface area contributed by atoms with Gasteiger partial charge in [0.25, 0.3) is 5.91 Å². The molecule has 130 valence electrons. The standard InChI is InChI=1S/C17H14Cl2N2O4/c1-8(22)14-5-10-9(3-4-13(24-2)16(10)25-14)17(23)21-15-11(18)6-20-7-12(15)19/h3-7,11,15H,1-2H3,(H,21,23). The zero-order valence-corrected chi connectivity index (χ0v) is 14.9. The highest BCUT2D eigenvalue weighted by molar-refractivity contribution is 6.35. The zero-order valence-electron chi connectivity index (χ0n) is 13.4. The summed E-state index contributed by atoms with van der Waals surface area (Å²) in [7, 11) is 1.48. The van der Waals surface area contributed by atoms with Crippen molar-refractivity contribution in [1.82, 2.24) is 5.32 Å². The van der Waals surface area contributed by atoms with Crippen LogP contribution in [0.4, 0.5) is 0 Å². The Morgan fingerprint density at radius 1 is 1.36 bits per heavy atom. The monoisotopic (exact) mass is 380 g/mol. The van der Waals surface area contributed by atoms with E-state index in [4.69, 9.17) is 32.4 Å². The van der Waals surface area contributed by atoms with Crippen LogP contribution in [0.25, 0.3) is 11.0 Å². The second-order valence-electron chi connectivity index (χ2n) is 5.43. The number of benzene rings is 1. The summed E-state index contributed by atoms with van der Waals surface area (Å²) in [6.07, 6.45) is 2.92. The second-order valence-corrected chi connectivity index (χ2v) is 6.37. The quantitative estimate of drug-likeness (QED) is 0.649. The number of methoxy groups -OCH3 is 1. The van der Waals surface area contributed by atoms with Gasteiger partial charge in [0, 0.05) is 24.7 Å². The number of ether oxygens (including phenoxy) is 1.